The van der Waals surface area contributed by atoms with Crippen LogP contribution in [0.25, 0.3) is 21.3 Å². The summed E-state index contributed by atoms with van der Waals surface area (Å²) in [6.45, 7) is 3.74. The molecule has 3 nitrogen and oxygen atoms in total. The van der Waals surface area contributed by atoms with Gasteiger partial charge in [0.2, 0.25) is 0 Å². The van der Waals surface area contributed by atoms with Crippen LogP contribution in [0.1, 0.15) is 18.9 Å². The molecule has 112 valence electrons. The maximum atomic E-state index is 4.75. The summed E-state index contributed by atoms with van der Waals surface area (Å²) in [6, 6.07) is 11.6. The molecular weight excluding hydrogens is 290 g/mol. The summed E-state index contributed by atoms with van der Waals surface area (Å²) in [5.74, 6) is 0.810. The van der Waals surface area contributed by atoms with Crippen LogP contribution >= 0.6 is 11.3 Å². The van der Waals surface area contributed by atoms with Crippen LogP contribution in [-0.4, -0.2) is 34.3 Å². The minimum Gasteiger partial charge on any atom is -0.301 e. The van der Waals surface area contributed by atoms with E-state index in [9.17, 15) is 0 Å². The van der Waals surface area contributed by atoms with Gasteiger partial charge < -0.3 is 4.90 Å². The Morgan fingerprint density at radius 3 is 2.77 bits per heavy atom. The van der Waals surface area contributed by atoms with Crippen LogP contribution in [0.3, 0.4) is 0 Å². The van der Waals surface area contributed by atoms with Crippen molar-refractivity contribution >= 4 is 22.2 Å². The number of nitrogens with zero attached hydrogens (tertiary/aromatic N) is 3. The number of fused-ring (bicyclic) bond motifs is 4. The SMILES string of the molecule is c1csc(-c2ccc3c(cnn3[C@H]3CN4CCC3CC4)c2)c1. The van der Waals surface area contributed by atoms with Gasteiger partial charge >= 0.3 is 0 Å². The van der Waals surface area contributed by atoms with Crippen LogP contribution in [0.2, 0.25) is 0 Å². The zero-order chi connectivity index (χ0) is 14.5. The van der Waals surface area contributed by atoms with E-state index in [4.69, 9.17) is 5.10 Å². The number of hydrogen-bond acceptors (Lipinski definition) is 3. The summed E-state index contributed by atoms with van der Waals surface area (Å²) in [4.78, 5) is 3.93. The van der Waals surface area contributed by atoms with Gasteiger partial charge in [0, 0.05) is 16.8 Å². The summed E-state index contributed by atoms with van der Waals surface area (Å²) < 4.78 is 2.30. The minimum absolute atomic E-state index is 0.563. The van der Waals surface area contributed by atoms with E-state index in [1.165, 1.54) is 53.8 Å². The number of benzene rings is 1. The molecule has 3 saturated heterocycles. The van der Waals surface area contributed by atoms with E-state index in [-0.39, 0.29) is 0 Å². The van der Waals surface area contributed by atoms with Crippen molar-refractivity contribution < 1.29 is 0 Å². The topological polar surface area (TPSA) is 21.1 Å². The van der Waals surface area contributed by atoms with E-state index in [1.54, 1.807) is 11.3 Å². The highest BCUT2D eigenvalue weighted by Crippen LogP contribution is 2.37. The lowest BCUT2D eigenvalue weighted by atomic mass is 9.84. The number of hydrogen-bond donors (Lipinski definition) is 0. The zero-order valence-corrected chi connectivity index (χ0v) is 13.3. The first-order valence-electron chi connectivity index (χ1n) is 8.12. The Bertz CT molecular complexity index is 797. The van der Waals surface area contributed by atoms with Crippen molar-refractivity contribution in [3.05, 3.63) is 41.9 Å². The molecule has 2 aromatic heterocycles. The first-order chi connectivity index (χ1) is 10.9. The molecule has 5 heterocycles. The summed E-state index contributed by atoms with van der Waals surface area (Å²) in [6.07, 6.45) is 4.71. The first-order valence-corrected chi connectivity index (χ1v) is 9.00. The van der Waals surface area contributed by atoms with Crippen molar-refractivity contribution in [3.8, 4) is 10.4 Å². The molecule has 0 aliphatic carbocycles. The second-order valence-electron chi connectivity index (χ2n) is 6.55. The third-order valence-corrected chi connectivity index (χ3v) is 6.26. The Labute approximate surface area is 134 Å². The molecule has 0 spiro atoms. The fourth-order valence-corrected chi connectivity index (χ4v) is 4.85. The first kappa shape index (κ1) is 12.9. The van der Waals surface area contributed by atoms with E-state index in [1.807, 2.05) is 6.20 Å². The Kier molecular flexibility index (Phi) is 2.88. The fraction of sp³-hybridized carbons (Fsp3) is 0.389. The molecule has 0 unspecified atom stereocenters. The molecule has 3 aliphatic heterocycles. The van der Waals surface area contributed by atoms with Gasteiger partial charge in [0.05, 0.1) is 17.8 Å². The van der Waals surface area contributed by atoms with E-state index in [0.29, 0.717) is 6.04 Å². The molecule has 6 rings (SSSR count). The van der Waals surface area contributed by atoms with Gasteiger partial charge in [0.1, 0.15) is 0 Å². The zero-order valence-electron chi connectivity index (χ0n) is 12.5. The van der Waals surface area contributed by atoms with Crippen molar-refractivity contribution in [1.82, 2.24) is 14.7 Å². The lowest BCUT2D eigenvalue weighted by Gasteiger charge is -2.44. The highest BCUT2D eigenvalue weighted by atomic mass is 32.1. The summed E-state index contributed by atoms with van der Waals surface area (Å²) in [7, 11) is 0. The average Bonchev–Trinajstić information content (AvgIpc) is 3.25. The van der Waals surface area contributed by atoms with Crippen molar-refractivity contribution in [2.24, 2.45) is 5.92 Å². The third kappa shape index (κ3) is 1.94. The van der Waals surface area contributed by atoms with Crippen molar-refractivity contribution in [3.63, 3.8) is 0 Å². The van der Waals surface area contributed by atoms with Gasteiger partial charge in [-0.15, -0.1) is 11.3 Å². The predicted molar refractivity (Wildman–Crippen MR) is 91.2 cm³/mol. The lowest BCUT2D eigenvalue weighted by Crippen LogP contribution is -2.48. The molecule has 0 N–H and O–H groups in total. The standard InChI is InChI=1S/C18H19N3S/c1-2-18(22-9-1)14-3-4-16-15(10-14)11-19-21(16)17-12-20-7-5-13(17)6-8-20/h1-4,9-11,13,17H,5-8,12H2/t17-/m0/s1. The second-order valence-corrected chi connectivity index (χ2v) is 7.49. The summed E-state index contributed by atoms with van der Waals surface area (Å²) in [5.41, 5.74) is 2.59. The third-order valence-electron chi connectivity index (χ3n) is 5.34. The van der Waals surface area contributed by atoms with Crippen LogP contribution in [0, 0.1) is 5.92 Å². The molecular formula is C18H19N3S. The number of piperidine rings is 3. The second kappa shape index (κ2) is 4.93. The van der Waals surface area contributed by atoms with Gasteiger partial charge in [-0.05, 0) is 61.0 Å². The van der Waals surface area contributed by atoms with Crippen LogP contribution in [-0.2, 0) is 0 Å². The van der Waals surface area contributed by atoms with E-state index in [2.05, 4.69) is 45.3 Å². The highest BCUT2D eigenvalue weighted by molar-refractivity contribution is 7.13. The Hall–Kier alpha value is -1.65. The van der Waals surface area contributed by atoms with Gasteiger partial charge in [-0.25, -0.2) is 0 Å². The number of rotatable bonds is 2. The smallest absolute Gasteiger partial charge is 0.0686 e. The largest absolute Gasteiger partial charge is 0.301 e. The number of thiophene rings is 1. The molecule has 4 heteroatoms. The Morgan fingerprint density at radius 1 is 1.14 bits per heavy atom. The van der Waals surface area contributed by atoms with Gasteiger partial charge in [-0.2, -0.15) is 5.10 Å². The van der Waals surface area contributed by atoms with Gasteiger partial charge in [0.15, 0.2) is 0 Å². The van der Waals surface area contributed by atoms with Gasteiger partial charge in [-0.1, -0.05) is 12.1 Å². The van der Waals surface area contributed by atoms with E-state index >= 15 is 0 Å². The molecule has 3 aromatic rings. The van der Waals surface area contributed by atoms with Gasteiger partial charge in [-0.3, -0.25) is 4.68 Å². The summed E-state index contributed by atoms with van der Waals surface area (Å²) >= 11 is 1.80. The molecule has 2 bridgehead atoms. The predicted octanol–water partition coefficient (Wildman–Crippen LogP) is 4.03. The van der Waals surface area contributed by atoms with Crippen LogP contribution in [0.4, 0.5) is 0 Å². The normalized spacial score (nSPS) is 27.5. The molecule has 1 atom stereocenters. The molecule has 1 aromatic carbocycles. The van der Waals surface area contributed by atoms with Crippen molar-refractivity contribution in [2.75, 3.05) is 19.6 Å². The van der Waals surface area contributed by atoms with E-state index < -0.39 is 0 Å². The van der Waals surface area contributed by atoms with Crippen molar-refractivity contribution in [1.29, 1.82) is 0 Å². The molecule has 3 fully saturated rings. The monoisotopic (exact) mass is 309 g/mol. The maximum Gasteiger partial charge on any atom is 0.0686 e. The molecule has 22 heavy (non-hydrogen) atoms. The molecule has 0 amide bonds. The van der Waals surface area contributed by atoms with Crippen LogP contribution < -0.4 is 0 Å². The Morgan fingerprint density at radius 2 is 2.05 bits per heavy atom. The van der Waals surface area contributed by atoms with Crippen molar-refractivity contribution in [2.45, 2.75) is 18.9 Å². The van der Waals surface area contributed by atoms with Crippen LogP contribution in [0.15, 0.2) is 41.9 Å². The Balaban J connectivity index is 1.56. The highest BCUT2D eigenvalue weighted by Gasteiger charge is 2.36. The number of aromatic nitrogens is 2. The van der Waals surface area contributed by atoms with Gasteiger partial charge in [0.25, 0.3) is 0 Å². The fourth-order valence-electron chi connectivity index (χ4n) is 4.12. The molecule has 0 saturated carbocycles. The minimum atomic E-state index is 0.563. The lowest BCUT2D eigenvalue weighted by molar-refractivity contribution is 0.0534. The quantitative estimate of drug-likeness (QED) is 0.712. The average molecular weight is 309 g/mol. The van der Waals surface area contributed by atoms with Crippen LogP contribution in [0.5, 0.6) is 0 Å². The maximum absolute atomic E-state index is 4.75. The summed E-state index contributed by atoms with van der Waals surface area (Å²) in [5, 5.41) is 8.15. The molecule has 3 aliphatic rings. The van der Waals surface area contributed by atoms with E-state index in [0.717, 1.165) is 5.92 Å². The molecule has 0 radical (unpaired) electrons.